The molecule has 5 heteroatoms. The van der Waals surface area contributed by atoms with Crippen LogP contribution in [-0.4, -0.2) is 39.9 Å². The van der Waals surface area contributed by atoms with Crippen LogP contribution in [0, 0.1) is 13.8 Å². The average molecular weight is 288 g/mol. The normalized spacial score (nSPS) is 23.0. The maximum atomic E-state index is 5.85. The van der Waals surface area contributed by atoms with Crippen molar-refractivity contribution in [2.45, 2.75) is 53.2 Å². The van der Waals surface area contributed by atoms with Gasteiger partial charge in [0.2, 0.25) is 0 Å². The molecule has 0 N–H and O–H groups in total. The van der Waals surface area contributed by atoms with Gasteiger partial charge in [-0.1, -0.05) is 6.92 Å². The summed E-state index contributed by atoms with van der Waals surface area (Å²) in [6.07, 6.45) is 1.40. The van der Waals surface area contributed by atoms with Gasteiger partial charge in [0.1, 0.15) is 5.82 Å². The molecule has 5 nitrogen and oxygen atoms in total. The Kier molecular flexibility index (Phi) is 3.61. The second-order valence-corrected chi connectivity index (χ2v) is 6.07. The number of ether oxygens (including phenoxy) is 1. The third kappa shape index (κ3) is 2.50. The third-order valence-electron chi connectivity index (χ3n) is 4.20. The third-order valence-corrected chi connectivity index (χ3v) is 4.20. The van der Waals surface area contributed by atoms with E-state index in [0.717, 1.165) is 42.4 Å². The van der Waals surface area contributed by atoms with E-state index in [1.165, 1.54) is 5.56 Å². The molecule has 3 rings (SSSR count). The molecule has 2 atom stereocenters. The first-order valence-corrected chi connectivity index (χ1v) is 7.75. The van der Waals surface area contributed by atoms with Gasteiger partial charge >= 0.3 is 0 Å². The zero-order valence-corrected chi connectivity index (χ0v) is 13.6. The van der Waals surface area contributed by atoms with Crippen LogP contribution in [0.5, 0.6) is 0 Å². The summed E-state index contributed by atoms with van der Waals surface area (Å²) in [4.78, 5) is 7.12. The Labute approximate surface area is 125 Å². The molecule has 2 aromatic rings. The number of nitrogens with zero attached hydrogens (tertiary/aromatic N) is 4. The van der Waals surface area contributed by atoms with Crippen molar-refractivity contribution in [3.8, 4) is 0 Å². The number of fused-ring (bicyclic) bond motifs is 1. The van der Waals surface area contributed by atoms with Crippen molar-refractivity contribution in [1.29, 1.82) is 0 Å². The van der Waals surface area contributed by atoms with Crippen molar-refractivity contribution in [1.82, 2.24) is 14.6 Å². The summed E-state index contributed by atoms with van der Waals surface area (Å²) in [6.45, 7) is 12.3. The summed E-state index contributed by atoms with van der Waals surface area (Å²) in [7, 11) is 0. The van der Waals surface area contributed by atoms with Crippen LogP contribution in [0.3, 0.4) is 0 Å². The number of hydrogen-bond acceptors (Lipinski definition) is 4. The maximum absolute atomic E-state index is 5.85. The Morgan fingerprint density at radius 3 is 2.52 bits per heavy atom. The van der Waals surface area contributed by atoms with Gasteiger partial charge in [-0.25, -0.2) is 4.98 Å². The van der Waals surface area contributed by atoms with E-state index in [4.69, 9.17) is 9.72 Å². The van der Waals surface area contributed by atoms with Crippen molar-refractivity contribution in [2.75, 3.05) is 18.0 Å². The van der Waals surface area contributed by atoms with Crippen LogP contribution in [0.15, 0.2) is 6.07 Å². The zero-order chi connectivity index (χ0) is 15.1. The second kappa shape index (κ2) is 5.30. The van der Waals surface area contributed by atoms with Crippen LogP contribution in [0.25, 0.3) is 5.65 Å². The molecule has 1 fully saturated rings. The van der Waals surface area contributed by atoms with E-state index in [9.17, 15) is 0 Å². The number of anilines is 1. The first kappa shape index (κ1) is 14.3. The van der Waals surface area contributed by atoms with Crippen LogP contribution in [0.2, 0.25) is 0 Å². The number of aryl methyl sites for hydroxylation is 3. The lowest BCUT2D eigenvalue weighted by molar-refractivity contribution is -0.00558. The summed E-state index contributed by atoms with van der Waals surface area (Å²) in [5, 5.41) is 4.69. The van der Waals surface area contributed by atoms with Gasteiger partial charge < -0.3 is 9.64 Å². The molecule has 0 bridgehead atoms. The minimum Gasteiger partial charge on any atom is -0.372 e. The van der Waals surface area contributed by atoms with Crippen molar-refractivity contribution in [3.63, 3.8) is 0 Å². The topological polar surface area (TPSA) is 42.7 Å². The highest BCUT2D eigenvalue weighted by molar-refractivity contribution is 5.57. The lowest BCUT2D eigenvalue weighted by Gasteiger charge is -2.36. The van der Waals surface area contributed by atoms with Crippen molar-refractivity contribution < 1.29 is 4.74 Å². The van der Waals surface area contributed by atoms with Gasteiger partial charge in [0.15, 0.2) is 5.65 Å². The molecule has 1 saturated heterocycles. The van der Waals surface area contributed by atoms with Crippen molar-refractivity contribution in [3.05, 3.63) is 23.0 Å². The zero-order valence-electron chi connectivity index (χ0n) is 13.6. The number of rotatable bonds is 2. The second-order valence-electron chi connectivity index (χ2n) is 6.07. The number of aromatic nitrogens is 3. The molecular formula is C16H24N4O. The molecule has 21 heavy (non-hydrogen) atoms. The fourth-order valence-corrected chi connectivity index (χ4v) is 3.03. The molecule has 2 aromatic heterocycles. The molecule has 0 aromatic carbocycles. The highest BCUT2D eigenvalue weighted by Crippen LogP contribution is 2.24. The highest BCUT2D eigenvalue weighted by atomic mass is 16.5. The standard InChI is InChI=1S/C16H24N4O/c1-6-14-7-15(19-8-10(2)21-11(3)9-19)20-16(17-14)12(4)13(5)18-20/h7,10-11H,6,8-9H2,1-5H3/t10-,11+. The molecule has 1 aliphatic heterocycles. The molecule has 3 heterocycles. The van der Waals surface area contributed by atoms with E-state index >= 15 is 0 Å². The van der Waals surface area contributed by atoms with Crippen LogP contribution in [0.1, 0.15) is 37.7 Å². The fourth-order valence-electron chi connectivity index (χ4n) is 3.03. The lowest BCUT2D eigenvalue weighted by Crippen LogP contribution is -2.46. The van der Waals surface area contributed by atoms with Crippen molar-refractivity contribution >= 4 is 11.5 Å². The number of morpholine rings is 1. The van der Waals surface area contributed by atoms with Gasteiger partial charge in [0, 0.05) is 30.4 Å². The fraction of sp³-hybridized carbons (Fsp3) is 0.625. The van der Waals surface area contributed by atoms with Crippen molar-refractivity contribution in [2.24, 2.45) is 0 Å². The van der Waals surface area contributed by atoms with Gasteiger partial charge in [0.25, 0.3) is 0 Å². The molecule has 0 unspecified atom stereocenters. The quantitative estimate of drug-likeness (QED) is 0.851. The molecule has 0 radical (unpaired) electrons. The minimum atomic E-state index is 0.236. The van der Waals surface area contributed by atoms with Gasteiger partial charge in [-0.3, -0.25) is 0 Å². The summed E-state index contributed by atoms with van der Waals surface area (Å²) >= 11 is 0. The first-order chi connectivity index (χ1) is 9.99. The Balaban J connectivity index is 2.14. The summed E-state index contributed by atoms with van der Waals surface area (Å²) in [5.74, 6) is 1.13. The Morgan fingerprint density at radius 1 is 1.24 bits per heavy atom. The molecule has 0 aliphatic carbocycles. The molecule has 0 saturated carbocycles. The van der Waals surface area contributed by atoms with E-state index in [1.807, 2.05) is 11.4 Å². The minimum absolute atomic E-state index is 0.236. The van der Waals surface area contributed by atoms with Crippen LogP contribution < -0.4 is 4.90 Å². The lowest BCUT2D eigenvalue weighted by atomic mass is 10.2. The number of hydrogen-bond donors (Lipinski definition) is 0. The largest absolute Gasteiger partial charge is 0.372 e. The summed E-state index contributed by atoms with van der Waals surface area (Å²) in [6, 6.07) is 2.17. The van der Waals surface area contributed by atoms with E-state index in [2.05, 4.69) is 43.8 Å². The predicted octanol–water partition coefficient (Wildman–Crippen LogP) is 2.52. The Hall–Kier alpha value is -1.62. The van der Waals surface area contributed by atoms with Crippen LogP contribution >= 0.6 is 0 Å². The smallest absolute Gasteiger partial charge is 0.160 e. The van der Waals surface area contributed by atoms with Gasteiger partial charge in [-0.2, -0.15) is 9.61 Å². The van der Waals surface area contributed by atoms with E-state index in [-0.39, 0.29) is 12.2 Å². The van der Waals surface area contributed by atoms with E-state index in [1.54, 1.807) is 0 Å². The summed E-state index contributed by atoms with van der Waals surface area (Å²) in [5.41, 5.74) is 4.31. The SMILES string of the molecule is CCc1cc(N2C[C@@H](C)O[C@@H](C)C2)n2nc(C)c(C)c2n1. The molecule has 114 valence electrons. The molecule has 1 aliphatic rings. The van der Waals surface area contributed by atoms with Crippen LogP contribution in [-0.2, 0) is 11.2 Å². The predicted molar refractivity (Wildman–Crippen MR) is 84.1 cm³/mol. The summed E-state index contributed by atoms with van der Waals surface area (Å²) < 4.78 is 7.84. The van der Waals surface area contributed by atoms with E-state index < -0.39 is 0 Å². The molecule has 0 amide bonds. The Bertz CT molecular complexity index is 654. The molecular weight excluding hydrogens is 264 g/mol. The first-order valence-electron chi connectivity index (χ1n) is 7.75. The van der Waals surface area contributed by atoms with Gasteiger partial charge in [0.05, 0.1) is 17.9 Å². The molecule has 0 spiro atoms. The van der Waals surface area contributed by atoms with Crippen LogP contribution in [0.4, 0.5) is 5.82 Å². The maximum Gasteiger partial charge on any atom is 0.160 e. The monoisotopic (exact) mass is 288 g/mol. The highest BCUT2D eigenvalue weighted by Gasteiger charge is 2.25. The van der Waals surface area contributed by atoms with Gasteiger partial charge in [-0.05, 0) is 34.1 Å². The van der Waals surface area contributed by atoms with E-state index in [0.29, 0.717) is 0 Å². The average Bonchev–Trinajstić information content (AvgIpc) is 2.72. The Morgan fingerprint density at radius 2 is 1.90 bits per heavy atom. The van der Waals surface area contributed by atoms with Gasteiger partial charge in [-0.15, -0.1) is 0 Å².